The van der Waals surface area contributed by atoms with Crippen LogP contribution in [0.25, 0.3) is 0 Å². The Hall–Kier alpha value is -2.87. The lowest BCUT2D eigenvalue weighted by molar-refractivity contribution is -0.140. The Morgan fingerprint density at radius 3 is 1.98 bits per heavy atom. The van der Waals surface area contributed by atoms with Crippen molar-refractivity contribution in [3.8, 4) is 0 Å². The van der Waals surface area contributed by atoms with Crippen molar-refractivity contribution in [3.63, 3.8) is 0 Å². The number of hydrogen-bond acceptors (Lipinski definition) is 4. The van der Waals surface area contributed by atoms with Crippen LogP contribution >= 0.6 is 0 Å². The Labute approximate surface area is 252 Å². The Morgan fingerprint density at radius 1 is 0.905 bits per heavy atom. The first-order valence-corrected chi connectivity index (χ1v) is 17.6. The molecule has 0 aliphatic heterocycles. The van der Waals surface area contributed by atoms with Crippen LogP contribution in [-0.2, 0) is 31.6 Å². The van der Waals surface area contributed by atoms with Crippen molar-refractivity contribution in [2.75, 3.05) is 17.1 Å². The molecule has 0 radical (unpaired) electrons. The van der Waals surface area contributed by atoms with Gasteiger partial charge in [0.15, 0.2) is 0 Å². The minimum atomic E-state index is -3.77. The molecule has 2 aromatic rings. The van der Waals surface area contributed by atoms with Gasteiger partial charge in [-0.3, -0.25) is 13.9 Å². The number of rotatable bonds is 12. The van der Waals surface area contributed by atoms with Gasteiger partial charge in [-0.15, -0.1) is 0 Å². The van der Waals surface area contributed by atoms with Crippen LogP contribution < -0.4 is 9.62 Å². The molecule has 4 saturated carbocycles. The Morgan fingerprint density at radius 2 is 1.48 bits per heavy atom. The number of carbonyl (C=O) groups excluding carboxylic acids is 2. The van der Waals surface area contributed by atoms with E-state index in [9.17, 15) is 18.0 Å². The average molecular weight is 594 g/mol. The first kappa shape index (κ1) is 30.6. The lowest BCUT2D eigenvalue weighted by Crippen LogP contribution is -2.53. The van der Waals surface area contributed by atoms with E-state index in [1.54, 1.807) is 0 Å². The number of nitrogens with zero attached hydrogens (tertiary/aromatic N) is 2. The van der Waals surface area contributed by atoms with Crippen molar-refractivity contribution >= 4 is 27.5 Å². The average Bonchev–Trinajstić information content (AvgIpc) is 2.95. The first-order chi connectivity index (χ1) is 20.0. The van der Waals surface area contributed by atoms with Gasteiger partial charge in [0.1, 0.15) is 12.6 Å². The molecular formula is C34H47N3O4S. The fourth-order valence-electron chi connectivity index (χ4n) is 8.20. The highest BCUT2D eigenvalue weighted by molar-refractivity contribution is 7.92. The van der Waals surface area contributed by atoms with Crippen LogP contribution in [0.4, 0.5) is 5.69 Å². The molecule has 0 spiro atoms. The number of amides is 2. The van der Waals surface area contributed by atoms with Crippen molar-refractivity contribution in [3.05, 3.63) is 65.7 Å². The molecule has 4 aliphatic rings. The molecule has 6 rings (SSSR count). The second-order valence-corrected chi connectivity index (χ2v) is 15.2. The molecule has 4 fully saturated rings. The zero-order chi connectivity index (χ0) is 30.1. The van der Waals surface area contributed by atoms with E-state index in [-0.39, 0.29) is 30.5 Å². The van der Waals surface area contributed by atoms with Crippen LogP contribution in [0.2, 0.25) is 0 Å². The van der Waals surface area contributed by atoms with E-state index in [0.717, 1.165) is 36.0 Å². The van der Waals surface area contributed by atoms with Gasteiger partial charge in [-0.05, 0) is 105 Å². The summed E-state index contributed by atoms with van der Waals surface area (Å²) in [6.07, 6.45) is 10.1. The molecular weight excluding hydrogens is 546 g/mol. The maximum atomic E-state index is 14.0. The number of hydrogen-bond donors (Lipinski definition) is 1. The molecule has 1 N–H and O–H groups in total. The molecule has 4 bridgehead atoms. The number of nitrogens with one attached hydrogen (secondary N) is 1. The summed E-state index contributed by atoms with van der Waals surface area (Å²) < 4.78 is 27.4. The normalized spacial score (nSPS) is 26.0. The fraction of sp³-hybridized carbons (Fsp3) is 0.588. The summed E-state index contributed by atoms with van der Waals surface area (Å²) in [7, 11) is -3.77. The van der Waals surface area contributed by atoms with Crippen molar-refractivity contribution in [1.82, 2.24) is 10.2 Å². The Kier molecular flexibility index (Phi) is 9.02. The standard InChI is InChI=1S/C34H47N3O4S/c1-5-24(3)35-33(39)31(6-2)36(22-25-10-8-7-9-11-25)32(38)23-37(42(4,40)41)30-14-12-29(13-15-30)34-19-26-16-27(20-34)18-28(17-26)21-34/h7-15,24,26-28,31H,5-6,16-23H2,1-4H3,(H,35,39)/t24-,26?,27?,28?,31+,34?/m0/s1. The van der Waals surface area contributed by atoms with Gasteiger partial charge in [-0.25, -0.2) is 8.42 Å². The molecule has 0 unspecified atom stereocenters. The van der Waals surface area contributed by atoms with Gasteiger partial charge in [-0.1, -0.05) is 56.3 Å². The number of sulfonamides is 1. The van der Waals surface area contributed by atoms with Crippen molar-refractivity contribution < 1.29 is 18.0 Å². The van der Waals surface area contributed by atoms with Gasteiger partial charge in [0.05, 0.1) is 11.9 Å². The predicted molar refractivity (Wildman–Crippen MR) is 167 cm³/mol. The third-order valence-corrected chi connectivity index (χ3v) is 11.2. The smallest absolute Gasteiger partial charge is 0.244 e. The highest BCUT2D eigenvalue weighted by Gasteiger charge is 2.51. The monoisotopic (exact) mass is 593 g/mol. The quantitative estimate of drug-likeness (QED) is 0.345. The third-order valence-electron chi connectivity index (χ3n) is 10.1. The minimum absolute atomic E-state index is 0.0276. The highest BCUT2D eigenvalue weighted by Crippen LogP contribution is 2.60. The third kappa shape index (κ3) is 6.53. The fourth-order valence-corrected chi connectivity index (χ4v) is 9.05. The minimum Gasteiger partial charge on any atom is -0.352 e. The summed E-state index contributed by atoms with van der Waals surface area (Å²) in [5, 5.41) is 3.01. The van der Waals surface area contributed by atoms with Crippen molar-refractivity contribution in [1.29, 1.82) is 0 Å². The van der Waals surface area contributed by atoms with Crippen LogP contribution in [0.1, 0.15) is 83.3 Å². The lowest BCUT2D eigenvalue weighted by atomic mass is 9.48. The van der Waals surface area contributed by atoms with E-state index in [4.69, 9.17) is 0 Å². The molecule has 2 atom stereocenters. The lowest BCUT2D eigenvalue weighted by Gasteiger charge is -2.57. The van der Waals surface area contributed by atoms with Gasteiger partial charge < -0.3 is 10.2 Å². The summed E-state index contributed by atoms with van der Waals surface area (Å²) in [6.45, 7) is 5.66. The zero-order valence-corrected chi connectivity index (χ0v) is 26.4. The number of carbonyl (C=O) groups is 2. The molecule has 2 aromatic carbocycles. The molecule has 4 aliphatic carbocycles. The van der Waals surface area contributed by atoms with Gasteiger partial charge >= 0.3 is 0 Å². The summed E-state index contributed by atoms with van der Waals surface area (Å²) in [4.78, 5) is 28.8. The molecule has 228 valence electrons. The van der Waals surface area contributed by atoms with E-state index >= 15 is 0 Å². The van der Waals surface area contributed by atoms with Crippen LogP contribution in [0.5, 0.6) is 0 Å². The van der Waals surface area contributed by atoms with E-state index < -0.39 is 22.0 Å². The summed E-state index contributed by atoms with van der Waals surface area (Å²) >= 11 is 0. The molecule has 7 nitrogen and oxygen atoms in total. The second-order valence-electron chi connectivity index (χ2n) is 13.3. The number of anilines is 1. The Balaban J connectivity index is 1.39. The summed E-state index contributed by atoms with van der Waals surface area (Å²) in [5.41, 5.74) is 2.88. The summed E-state index contributed by atoms with van der Waals surface area (Å²) in [6, 6.07) is 16.7. The van der Waals surface area contributed by atoms with Crippen molar-refractivity contribution in [2.24, 2.45) is 17.8 Å². The highest BCUT2D eigenvalue weighted by atomic mass is 32.2. The SMILES string of the molecule is CC[C@H](C(=O)N[C@@H](C)CC)N(Cc1ccccc1)C(=O)CN(c1ccc(C23CC4CC(CC(C4)C2)C3)cc1)S(C)(=O)=O. The van der Waals surface area contributed by atoms with Gasteiger partial charge in [0, 0.05) is 12.6 Å². The van der Waals surface area contributed by atoms with Crippen LogP contribution in [0.3, 0.4) is 0 Å². The van der Waals surface area contributed by atoms with Crippen LogP contribution in [0, 0.1) is 17.8 Å². The van der Waals surface area contributed by atoms with E-state index in [0.29, 0.717) is 12.1 Å². The number of benzene rings is 2. The molecule has 0 saturated heterocycles. The predicted octanol–water partition coefficient (Wildman–Crippen LogP) is 5.64. The van der Waals surface area contributed by atoms with Gasteiger partial charge in [0.25, 0.3) is 0 Å². The van der Waals surface area contributed by atoms with Crippen LogP contribution in [-0.4, -0.2) is 50.0 Å². The maximum Gasteiger partial charge on any atom is 0.244 e. The molecule has 0 aromatic heterocycles. The second kappa shape index (κ2) is 12.4. The first-order valence-electron chi connectivity index (χ1n) is 15.7. The van der Waals surface area contributed by atoms with E-state index in [2.05, 4.69) is 17.4 Å². The topological polar surface area (TPSA) is 86.8 Å². The Bertz CT molecular complexity index is 1320. The summed E-state index contributed by atoms with van der Waals surface area (Å²) in [5.74, 6) is 1.84. The molecule has 8 heteroatoms. The molecule has 42 heavy (non-hydrogen) atoms. The van der Waals surface area contributed by atoms with Gasteiger partial charge in [0.2, 0.25) is 21.8 Å². The molecule has 2 amide bonds. The van der Waals surface area contributed by atoms with E-state index in [1.165, 1.54) is 53.3 Å². The zero-order valence-electron chi connectivity index (χ0n) is 25.6. The largest absolute Gasteiger partial charge is 0.352 e. The van der Waals surface area contributed by atoms with E-state index in [1.807, 2.05) is 63.2 Å². The van der Waals surface area contributed by atoms with Crippen LogP contribution in [0.15, 0.2) is 54.6 Å². The van der Waals surface area contributed by atoms with Crippen molar-refractivity contribution in [2.45, 2.75) is 96.2 Å². The maximum absolute atomic E-state index is 14.0. The van der Waals surface area contributed by atoms with Gasteiger partial charge in [-0.2, -0.15) is 0 Å². The molecule has 0 heterocycles.